The first kappa shape index (κ1) is 13.2. The van der Waals surface area contributed by atoms with Gasteiger partial charge in [0.15, 0.2) is 0 Å². The number of hydrogen-bond donors (Lipinski definition) is 1. The van der Waals surface area contributed by atoms with Crippen LogP contribution in [-0.4, -0.2) is 0 Å². The zero-order valence-electron chi connectivity index (χ0n) is 11.3. The third-order valence-corrected chi connectivity index (χ3v) is 4.89. The van der Waals surface area contributed by atoms with Gasteiger partial charge >= 0.3 is 0 Å². The van der Waals surface area contributed by atoms with Crippen LogP contribution in [0.2, 0.25) is 0 Å². The van der Waals surface area contributed by atoms with Crippen molar-refractivity contribution in [2.24, 2.45) is 11.7 Å². The van der Waals surface area contributed by atoms with E-state index in [1.54, 1.807) is 0 Å². The molecule has 3 heteroatoms. The second-order valence-corrected chi connectivity index (χ2v) is 6.57. The van der Waals surface area contributed by atoms with Crippen molar-refractivity contribution in [3.8, 4) is 0 Å². The lowest BCUT2D eigenvalue weighted by Gasteiger charge is -2.26. The number of hydrogen-bond acceptors (Lipinski definition) is 2. The number of nitrogens with two attached hydrogens (primary N) is 1. The second kappa shape index (κ2) is 5.29. The lowest BCUT2D eigenvalue weighted by Crippen LogP contribution is -2.23. The Hall–Kier alpha value is -0.800. The van der Waals surface area contributed by atoms with Gasteiger partial charge in [-0.1, -0.05) is 35.2 Å². The Labute approximate surface area is 122 Å². The summed E-state index contributed by atoms with van der Waals surface area (Å²) in [6, 6.07) is 6.20. The summed E-state index contributed by atoms with van der Waals surface area (Å²) in [6.45, 7) is 2.12. The van der Waals surface area contributed by atoms with Gasteiger partial charge in [-0.25, -0.2) is 0 Å². The summed E-state index contributed by atoms with van der Waals surface area (Å²) >= 11 is 3.52. The molecule has 0 saturated heterocycles. The first-order chi connectivity index (χ1) is 9.16. The fourth-order valence-electron chi connectivity index (χ4n) is 3.24. The van der Waals surface area contributed by atoms with Crippen molar-refractivity contribution >= 4 is 26.9 Å². The van der Waals surface area contributed by atoms with E-state index in [4.69, 9.17) is 10.2 Å². The van der Waals surface area contributed by atoms with Crippen LogP contribution >= 0.6 is 15.9 Å². The van der Waals surface area contributed by atoms with Gasteiger partial charge < -0.3 is 10.2 Å². The van der Waals surface area contributed by atoms with Gasteiger partial charge in [0.25, 0.3) is 0 Å². The van der Waals surface area contributed by atoms with Gasteiger partial charge in [-0.05, 0) is 43.9 Å². The molecule has 1 aromatic heterocycles. The molecule has 1 aliphatic rings. The third-order valence-electron chi connectivity index (χ3n) is 4.40. The topological polar surface area (TPSA) is 39.2 Å². The Balaban J connectivity index is 1.97. The minimum Gasteiger partial charge on any atom is -0.459 e. The number of benzene rings is 1. The minimum absolute atomic E-state index is 0.0477. The molecule has 1 aromatic carbocycles. The molecule has 102 valence electrons. The van der Waals surface area contributed by atoms with Gasteiger partial charge in [0.1, 0.15) is 11.3 Å². The van der Waals surface area contributed by atoms with Gasteiger partial charge in [-0.3, -0.25) is 0 Å². The lowest BCUT2D eigenvalue weighted by molar-refractivity contribution is 0.283. The highest BCUT2D eigenvalue weighted by atomic mass is 79.9. The van der Waals surface area contributed by atoms with Crippen LogP contribution in [0.4, 0.5) is 0 Å². The van der Waals surface area contributed by atoms with Crippen LogP contribution < -0.4 is 5.73 Å². The van der Waals surface area contributed by atoms with Crippen LogP contribution in [0.3, 0.4) is 0 Å². The van der Waals surface area contributed by atoms with Crippen molar-refractivity contribution < 1.29 is 4.42 Å². The van der Waals surface area contributed by atoms with Gasteiger partial charge in [0.2, 0.25) is 0 Å². The molecule has 1 unspecified atom stereocenters. The molecule has 0 radical (unpaired) electrons. The van der Waals surface area contributed by atoms with Crippen LogP contribution in [0.25, 0.3) is 11.0 Å². The van der Waals surface area contributed by atoms with Crippen molar-refractivity contribution in [2.75, 3.05) is 0 Å². The molecule has 1 aliphatic carbocycles. The van der Waals surface area contributed by atoms with Crippen molar-refractivity contribution in [1.29, 1.82) is 0 Å². The van der Waals surface area contributed by atoms with Crippen molar-refractivity contribution in [3.05, 3.63) is 34.0 Å². The number of furan rings is 1. The van der Waals surface area contributed by atoms with Crippen molar-refractivity contribution in [2.45, 2.75) is 45.1 Å². The largest absolute Gasteiger partial charge is 0.459 e. The van der Waals surface area contributed by atoms with E-state index >= 15 is 0 Å². The van der Waals surface area contributed by atoms with Crippen LogP contribution in [0, 0.1) is 12.8 Å². The first-order valence-electron chi connectivity index (χ1n) is 7.11. The van der Waals surface area contributed by atoms with E-state index in [2.05, 4.69) is 28.9 Å². The van der Waals surface area contributed by atoms with Crippen LogP contribution in [0.1, 0.15) is 49.5 Å². The van der Waals surface area contributed by atoms with Gasteiger partial charge in [-0.15, -0.1) is 0 Å². The minimum atomic E-state index is 0.0477. The highest BCUT2D eigenvalue weighted by molar-refractivity contribution is 9.10. The SMILES string of the molecule is Cc1c(C(N)C2CCCCC2)oc2ccc(Br)cc12. The van der Waals surface area contributed by atoms with E-state index in [1.165, 1.54) is 43.1 Å². The predicted octanol–water partition coefficient (Wildman–Crippen LogP) is 5.08. The maximum absolute atomic E-state index is 6.47. The summed E-state index contributed by atoms with van der Waals surface area (Å²) in [7, 11) is 0. The molecule has 0 bridgehead atoms. The summed E-state index contributed by atoms with van der Waals surface area (Å²) in [6.07, 6.45) is 6.45. The normalized spacial score (nSPS) is 18.9. The fraction of sp³-hybridized carbons (Fsp3) is 0.500. The van der Waals surface area contributed by atoms with E-state index in [1.807, 2.05) is 12.1 Å². The van der Waals surface area contributed by atoms with E-state index in [-0.39, 0.29) is 6.04 Å². The van der Waals surface area contributed by atoms with Crippen LogP contribution in [0.15, 0.2) is 27.1 Å². The molecule has 2 aromatic rings. The molecular formula is C16H20BrNO. The molecule has 0 amide bonds. The highest BCUT2D eigenvalue weighted by Crippen LogP contribution is 2.37. The van der Waals surface area contributed by atoms with E-state index in [9.17, 15) is 0 Å². The molecule has 0 aliphatic heterocycles. The molecular weight excluding hydrogens is 302 g/mol. The van der Waals surface area contributed by atoms with E-state index in [0.29, 0.717) is 5.92 Å². The Morgan fingerprint density at radius 2 is 2.00 bits per heavy atom. The molecule has 19 heavy (non-hydrogen) atoms. The summed E-state index contributed by atoms with van der Waals surface area (Å²) < 4.78 is 7.11. The summed E-state index contributed by atoms with van der Waals surface area (Å²) in [5.74, 6) is 1.57. The predicted molar refractivity (Wildman–Crippen MR) is 82.2 cm³/mol. The Morgan fingerprint density at radius 1 is 1.26 bits per heavy atom. The molecule has 1 fully saturated rings. The fourth-order valence-corrected chi connectivity index (χ4v) is 3.60. The van der Waals surface area contributed by atoms with E-state index < -0.39 is 0 Å². The van der Waals surface area contributed by atoms with Crippen molar-refractivity contribution in [3.63, 3.8) is 0 Å². The highest BCUT2D eigenvalue weighted by Gasteiger charge is 2.26. The lowest BCUT2D eigenvalue weighted by atomic mass is 9.82. The zero-order valence-corrected chi connectivity index (χ0v) is 12.9. The number of halogens is 1. The summed E-state index contributed by atoms with van der Waals surface area (Å²) in [5, 5.41) is 1.18. The van der Waals surface area contributed by atoms with Crippen molar-refractivity contribution in [1.82, 2.24) is 0 Å². The van der Waals surface area contributed by atoms with Crippen LogP contribution in [0.5, 0.6) is 0 Å². The summed E-state index contributed by atoms with van der Waals surface area (Å²) in [4.78, 5) is 0. The molecule has 0 spiro atoms. The molecule has 1 heterocycles. The molecule has 1 saturated carbocycles. The standard InChI is InChI=1S/C16H20BrNO/c1-10-13-9-12(17)7-8-14(13)19-16(10)15(18)11-5-3-2-4-6-11/h7-9,11,15H,2-6,18H2,1H3. The number of rotatable bonds is 2. The third kappa shape index (κ3) is 2.46. The quantitative estimate of drug-likeness (QED) is 0.837. The Bertz CT molecular complexity index is 584. The molecule has 1 atom stereocenters. The average Bonchev–Trinajstić information content (AvgIpc) is 2.76. The van der Waals surface area contributed by atoms with E-state index in [0.717, 1.165) is 15.8 Å². The van der Waals surface area contributed by atoms with Gasteiger partial charge in [-0.2, -0.15) is 0 Å². The average molecular weight is 322 g/mol. The Kier molecular flexibility index (Phi) is 3.68. The smallest absolute Gasteiger partial charge is 0.134 e. The zero-order chi connectivity index (χ0) is 13.4. The van der Waals surface area contributed by atoms with Crippen LogP contribution in [-0.2, 0) is 0 Å². The Morgan fingerprint density at radius 3 is 2.74 bits per heavy atom. The summed E-state index contributed by atoms with van der Waals surface area (Å²) in [5.41, 5.74) is 8.62. The maximum atomic E-state index is 6.47. The first-order valence-corrected chi connectivity index (χ1v) is 7.90. The number of aryl methyl sites for hydroxylation is 1. The van der Waals surface area contributed by atoms with Gasteiger partial charge in [0.05, 0.1) is 6.04 Å². The second-order valence-electron chi connectivity index (χ2n) is 5.66. The molecule has 3 rings (SSSR count). The molecule has 2 N–H and O–H groups in total. The monoisotopic (exact) mass is 321 g/mol. The number of fused-ring (bicyclic) bond motifs is 1. The van der Waals surface area contributed by atoms with Gasteiger partial charge in [0, 0.05) is 15.4 Å². The maximum Gasteiger partial charge on any atom is 0.134 e. The molecule has 2 nitrogen and oxygen atoms in total.